The molecule has 0 aliphatic carbocycles. The Labute approximate surface area is 143 Å². The summed E-state index contributed by atoms with van der Waals surface area (Å²) >= 11 is 1.20. The van der Waals surface area contributed by atoms with Gasteiger partial charge in [-0.25, -0.2) is 13.6 Å². The average molecular weight is 361 g/mol. The second-order valence-electron chi connectivity index (χ2n) is 5.29. The fourth-order valence-corrected chi connectivity index (χ4v) is 4.47. The molecule has 0 aliphatic rings. The number of primary sulfonamides is 1. The third kappa shape index (κ3) is 3.34. The molecular weight excluding hydrogens is 346 g/mol. The van der Waals surface area contributed by atoms with Gasteiger partial charge < -0.3 is 10.2 Å². The Morgan fingerprint density at radius 2 is 1.71 bits per heavy atom. The number of phenols is 1. The first-order valence-corrected chi connectivity index (χ1v) is 9.46. The van der Waals surface area contributed by atoms with E-state index < -0.39 is 16.1 Å². The number of nitrogens with two attached hydrogens (primary N) is 1. The maximum Gasteiger partial charge on any atom is 0.239 e. The highest BCUT2D eigenvalue weighted by molar-refractivity contribution is 7.89. The molecule has 2 aromatic carbocycles. The van der Waals surface area contributed by atoms with E-state index in [-0.39, 0.29) is 10.6 Å². The van der Waals surface area contributed by atoms with Crippen LogP contribution in [-0.4, -0.2) is 18.6 Å². The van der Waals surface area contributed by atoms with Crippen molar-refractivity contribution in [3.63, 3.8) is 0 Å². The van der Waals surface area contributed by atoms with Gasteiger partial charge in [-0.1, -0.05) is 30.3 Å². The van der Waals surface area contributed by atoms with E-state index in [1.165, 1.54) is 29.5 Å². The van der Waals surface area contributed by atoms with Crippen molar-refractivity contribution in [1.29, 1.82) is 0 Å². The van der Waals surface area contributed by atoms with Crippen molar-refractivity contribution >= 4 is 21.4 Å². The van der Waals surface area contributed by atoms with Crippen LogP contribution in [-0.2, 0) is 10.0 Å². The number of rotatable bonds is 4. The second-order valence-corrected chi connectivity index (χ2v) is 7.73. The molecule has 1 atom stereocenters. The lowest BCUT2D eigenvalue weighted by molar-refractivity contribution is 0.220. The molecule has 0 amide bonds. The van der Waals surface area contributed by atoms with E-state index in [4.69, 9.17) is 5.14 Å². The van der Waals surface area contributed by atoms with Crippen molar-refractivity contribution in [1.82, 2.24) is 0 Å². The summed E-state index contributed by atoms with van der Waals surface area (Å²) < 4.78 is 23.4. The Morgan fingerprint density at radius 1 is 1.00 bits per heavy atom. The zero-order chi connectivity index (χ0) is 17.3. The minimum absolute atomic E-state index is 0.00162. The summed E-state index contributed by atoms with van der Waals surface area (Å²) in [4.78, 5) is 0.424. The Kier molecular flexibility index (Phi) is 4.42. The fraction of sp³-hybridized carbons (Fsp3) is 0.0588. The van der Waals surface area contributed by atoms with E-state index in [0.717, 1.165) is 0 Å². The molecule has 3 rings (SSSR count). The molecule has 1 heterocycles. The third-order valence-corrected chi connectivity index (χ3v) is 5.61. The van der Waals surface area contributed by atoms with Crippen LogP contribution >= 0.6 is 11.3 Å². The van der Waals surface area contributed by atoms with Crippen LogP contribution in [0.3, 0.4) is 0 Å². The molecule has 4 N–H and O–H groups in total. The third-order valence-electron chi connectivity index (χ3n) is 3.57. The van der Waals surface area contributed by atoms with Crippen molar-refractivity contribution in [2.45, 2.75) is 11.0 Å². The molecule has 124 valence electrons. The maximum atomic E-state index is 11.7. The minimum atomic E-state index is -3.87. The van der Waals surface area contributed by atoms with E-state index in [2.05, 4.69) is 0 Å². The molecule has 5 nitrogen and oxygen atoms in total. The summed E-state index contributed by atoms with van der Waals surface area (Å²) in [6, 6.07) is 15.0. The van der Waals surface area contributed by atoms with Crippen LogP contribution in [0.2, 0.25) is 0 Å². The van der Waals surface area contributed by atoms with Gasteiger partial charge in [0.1, 0.15) is 16.7 Å². The van der Waals surface area contributed by atoms with Crippen molar-refractivity contribution in [3.8, 4) is 16.2 Å². The van der Waals surface area contributed by atoms with Crippen LogP contribution in [0.15, 0.2) is 64.9 Å². The van der Waals surface area contributed by atoms with Gasteiger partial charge in [-0.15, -0.1) is 11.3 Å². The largest absolute Gasteiger partial charge is 0.508 e. The molecule has 0 saturated heterocycles. The monoisotopic (exact) mass is 361 g/mol. The van der Waals surface area contributed by atoms with E-state index in [1.807, 2.05) is 6.07 Å². The second kappa shape index (κ2) is 6.37. The predicted octanol–water partition coefficient (Wildman–Crippen LogP) is 2.85. The van der Waals surface area contributed by atoms with Gasteiger partial charge in [-0.3, -0.25) is 0 Å². The van der Waals surface area contributed by atoms with Gasteiger partial charge in [-0.2, -0.15) is 0 Å². The van der Waals surface area contributed by atoms with Crippen LogP contribution in [0.25, 0.3) is 10.4 Å². The average Bonchev–Trinajstić information content (AvgIpc) is 3.04. The zero-order valence-electron chi connectivity index (χ0n) is 12.5. The van der Waals surface area contributed by atoms with Gasteiger partial charge in [0, 0.05) is 0 Å². The molecule has 24 heavy (non-hydrogen) atoms. The van der Waals surface area contributed by atoms with E-state index in [9.17, 15) is 18.6 Å². The topological polar surface area (TPSA) is 101 Å². The summed E-state index contributed by atoms with van der Waals surface area (Å²) in [5, 5.41) is 27.4. The summed E-state index contributed by atoms with van der Waals surface area (Å²) in [6.45, 7) is 0. The standard InChI is InChI=1S/C17H15NO4S2/c18-24(21,22)15-6-7-23-17(15)13-8-12(9-14(19)10-13)16(20)11-4-2-1-3-5-11/h1-10,16,19-20H,(H2,18,21,22). The highest BCUT2D eigenvalue weighted by Gasteiger charge is 2.19. The summed E-state index contributed by atoms with van der Waals surface area (Å²) in [5.41, 5.74) is 1.62. The molecule has 0 bridgehead atoms. The number of aliphatic hydroxyl groups is 1. The van der Waals surface area contributed by atoms with Crippen LogP contribution in [0, 0.1) is 0 Å². The number of thiophene rings is 1. The lowest BCUT2D eigenvalue weighted by Crippen LogP contribution is -2.12. The normalized spacial score (nSPS) is 12.9. The van der Waals surface area contributed by atoms with Crippen molar-refractivity contribution < 1.29 is 18.6 Å². The summed E-state index contributed by atoms with van der Waals surface area (Å²) in [5.74, 6) is -0.0637. The Hall–Kier alpha value is -2.19. The molecule has 0 aliphatic heterocycles. The molecule has 7 heteroatoms. The van der Waals surface area contributed by atoms with E-state index in [0.29, 0.717) is 21.6 Å². The van der Waals surface area contributed by atoms with Crippen LogP contribution in [0.5, 0.6) is 5.75 Å². The van der Waals surface area contributed by atoms with Gasteiger partial charge in [-0.05, 0) is 46.3 Å². The SMILES string of the molecule is NS(=O)(=O)c1ccsc1-c1cc(O)cc(C(O)c2ccccc2)c1. The first-order valence-electron chi connectivity index (χ1n) is 7.04. The zero-order valence-corrected chi connectivity index (χ0v) is 14.1. The summed E-state index contributed by atoms with van der Waals surface area (Å²) in [6.07, 6.45) is -0.935. The first kappa shape index (κ1) is 16.7. The van der Waals surface area contributed by atoms with Crippen LogP contribution in [0.4, 0.5) is 0 Å². The highest BCUT2D eigenvalue weighted by atomic mass is 32.2. The minimum Gasteiger partial charge on any atom is -0.508 e. The van der Waals surface area contributed by atoms with Crippen molar-refractivity contribution in [3.05, 3.63) is 71.1 Å². The number of aliphatic hydroxyl groups excluding tert-OH is 1. The lowest BCUT2D eigenvalue weighted by atomic mass is 9.99. The molecular formula is C17H15NO4S2. The predicted molar refractivity (Wildman–Crippen MR) is 93.3 cm³/mol. The van der Waals surface area contributed by atoms with Crippen LogP contribution in [0.1, 0.15) is 17.2 Å². The quantitative estimate of drug-likeness (QED) is 0.665. The molecule has 1 unspecified atom stereocenters. The lowest BCUT2D eigenvalue weighted by Gasteiger charge is -2.13. The fourth-order valence-electron chi connectivity index (χ4n) is 2.48. The number of sulfonamides is 1. The number of hydrogen-bond acceptors (Lipinski definition) is 5. The highest BCUT2D eigenvalue weighted by Crippen LogP contribution is 2.36. The molecule has 3 aromatic rings. The van der Waals surface area contributed by atoms with Gasteiger partial charge in [0.05, 0.1) is 4.88 Å². The Bertz CT molecular complexity index is 965. The van der Waals surface area contributed by atoms with Gasteiger partial charge in [0.25, 0.3) is 0 Å². The number of phenolic OH excluding ortho intramolecular Hbond substituents is 1. The number of benzene rings is 2. The van der Waals surface area contributed by atoms with Gasteiger partial charge >= 0.3 is 0 Å². The summed E-state index contributed by atoms with van der Waals surface area (Å²) in [7, 11) is -3.87. The molecule has 0 spiro atoms. The van der Waals surface area contributed by atoms with E-state index >= 15 is 0 Å². The molecule has 0 radical (unpaired) electrons. The van der Waals surface area contributed by atoms with E-state index in [1.54, 1.807) is 35.7 Å². The Balaban J connectivity index is 2.10. The molecule has 0 saturated carbocycles. The maximum absolute atomic E-state index is 11.7. The first-order chi connectivity index (χ1) is 11.4. The number of aromatic hydroxyl groups is 1. The molecule has 1 aromatic heterocycles. The number of hydrogen-bond donors (Lipinski definition) is 3. The van der Waals surface area contributed by atoms with Gasteiger partial charge in [0.15, 0.2) is 0 Å². The van der Waals surface area contributed by atoms with Gasteiger partial charge in [0.2, 0.25) is 10.0 Å². The van der Waals surface area contributed by atoms with Crippen molar-refractivity contribution in [2.24, 2.45) is 5.14 Å². The van der Waals surface area contributed by atoms with Crippen molar-refractivity contribution in [2.75, 3.05) is 0 Å². The van der Waals surface area contributed by atoms with Crippen LogP contribution < -0.4 is 5.14 Å². The molecule has 0 fully saturated rings. The smallest absolute Gasteiger partial charge is 0.239 e. The Morgan fingerprint density at radius 3 is 2.38 bits per heavy atom.